The minimum absolute atomic E-state index is 0.476. The first-order valence-electron chi connectivity index (χ1n) is 7.90. The molecule has 0 aliphatic carbocycles. The molecule has 0 radical (unpaired) electrons. The number of hydrogen-bond donors (Lipinski definition) is 2. The molecule has 3 rings (SSSR count). The largest absolute Gasteiger partial charge is 0.339 e. The quantitative estimate of drug-likeness (QED) is 0.736. The molecule has 0 spiro atoms. The zero-order valence-corrected chi connectivity index (χ0v) is 14.4. The second kappa shape index (κ2) is 6.66. The van der Waals surface area contributed by atoms with Gasteiger partial charge in [0.2, 0.25) is 5.95 Å². The van der Waals surface area contributed by atoms with Crippen molar-refractivity contribution in [3.63, 3.8) is 0 Å². The van der Waals surface area contributed by atoms with Gasteiger partial charge < -0.3 is 10.6 Å². The lowest BCUT2D eigenvalue weighted by Crippen LogP contribution is -2.05. The number of nitrogens with zero attached hydrogens (tertiary/aromatic N) is 3. The zero-order chi connectivity index (χ0) is 17.1. The third kappa shape index (κ3) is 3.51. The normalized spacial score (nSPS) is 10.5. The smallest absolute Gasteiger partial charge is 0.249 e. The van der Waals surface area contributed by atoms with Crippen LogP contribution in [0.4, 0.5) is 23.1 Å². The van der Waals surface area contributed by atoms with Crippen LogP contribution in [0, 0.1) is 27.7 Å². The lowest BCUT2D eigenvalue weighted by atomic mass is 10.1. The molecule has 0 bridgehead atoms. The minimum Gasteiger partial charge on any atom is -0.339 e. The Kier molecular flexibility index (Phi) is 4.42. The van der Waals surface area contributed by atoms with Crippen molar-refractivity contribution in [3.8, 4) is 0 Å². The number of hydrogen-bond acceptors (Lipinski definition) is 5. The molecule has 5 nitrogen and oxygen atoms in total. The number of nitrogens with one attached hydrogen (secondary N) is 2. The van der Waals surface area contributed by atoms with Crippen molar-refractivity contribution in [1.29, 1.82) is 0 Å². The Hall–Kier alpha value is -2.95. The van der Waals surface area contributed by atoms with E-state index in [-0.39, 0.29) is 0 Å². The van der Waals surface area contributed by atoms with Gasteiger partial charge in [0.1, 0.15) is 0 Å². The predicted molar refractivity (Wildman–Crippen MR) is 98.2 cm³/mol. The molecule has 0 saturated carbocycles. The molecular weight excluding hydrogens is 298 g/mol. The molecule has 1 aromatic heterocycles. The van der Waals surface area contributed by atoms with E-state index in [0.717, 1.165) is 28.1 Å². The van der Waals surface area contributed by atoms with E-state index in [0.29, 0.717) is 11.8 Å². The van der Waals surface area contributed by atoms with Crippen LogP contribution in [0.3, 0.4) is 0 Å². The summed E-state index contributed by atoms with van der Waals surface area (Å²) >= 11 is 0. The van der Waals surface area contributed by atoms with Gasteiger partial charge in [-0.15, -0.1) is 5.10 Å². The number of rotatable bonds is 4. The average molecular weight is 319 g/mol. The van der Waals surface area contributed by atoms with Crippen LogP contribution in [0.5, 0.6) is 0 Å². The molecule has 2 N–H and O–H groups in total. The van der Waals surface area contributed by atoms with Gasteiger partial charge in [-0.1, -0.05) is 35.9 Å². The number of anilines is 4. The Labute approximate surface area is 142 Å². The van der Waals surface area contributed by atoms with Gasteiger partial charge in [0.15, 0.2) is 5.82 Å². The monoisotopic (exact) mass is 319 g/mol. The summed E-state index contributed by atoms with van der Waals surface area (Å²) in [6, 6.07) is 12.3. The third-order valence-electron chi connectivity index (χ3n) is 3.88. The fraction of sp³-hybridized carbons (Fsp3) is 0.211. The lowest BCUT2D eigenvalue weighted by molar-refractivity contribution is 0.980. The van der Waals surface area contributed by atoms with Crippen molar-refractivity contribution in [2.75, 3.05) is 10.6 Å². The highest BCUT2D eigenvalue weighted by Gasteiger charge is 2.08. The molecule has 0 fully saturated rings. The molecular formula is C19H21N5. The van der Waals surface area contributed by atoms with Crippen molar-refractivity contribution in [1.82, 2.24) is 15.2 Å². The van der Waals surface area contributed by atoms with E-state index in [9.17, 15) is 0 Å². The highest BCUT2D eigenvalue weighted by molar-refractivity contribution is 5.65. The molecule has 24 heavy (non-hydrogen) atoms. The van der Waals surface area contributed by atoms with E-state index >= 15 is 0 Å². The lowest BCUT2D eigenvalue weighted by Gasteiger charge is -2.13. The van der Waals surface area contributed by atoms with E-state index in [1.54, 1.807) is 6.20 Å². The van der Waals surface area contributed by atoms with Gasteiger partial charge in [-0.05, 0) is 50.5 Å². The molecule has 0 atom stereocenters. The first-order chi connectivity index (χ1) is 11.5. The zero-order valence-electron chi connectivity index (χ0n) is 14.4. The number of para-hydroxylation sites is 1. The Balaban J connectivity index is 1.85. The summed E-state index contributed by atoms with van der Waals surface area (Å²) in [5, 5.41) is 14.7. The van der Waals surface area contributed by atoms with Crippen molar-refractivity contribution in [3.05, 3.63) is 64.8 Å². The highest BCUT2D eigenvalue weighted by atomic mass is 15.3. The Morgan fingerprint density at radius 1 is 0.833 bits per heavy atom. The summed E-state index contributed by atoms with van der Waals surface area (Å²) in [5.74, 6) is 1.13. The Morgan fingerprint density at radius 3 is 2.25 bits per heavy atom. The average Bonchev–Trinajstić information content (AvgIpc) is 2.53. The van der Waals surface area contributed by atoms with Crippen LogP contribution >= 0.6 is 0 Å². The van der Waals surface area contributed by atoms with Crippen molar-refractivity contribution < 1.29 is 0 Å². The van der Waals surface area contributed by atoms with Crippen LogP contribution < -0.4 is 10.6 Å². The molecule has 5 heteroatoms. The van der Waals surface area contributed by atoms with E-state index < -0.39 is 0 Å². The maximum atomic E-state index is 4.51. The van der Waals surface area contributed by atoms with E-state index in [1.165, 1.54) is 5.56 Å². The molecule has 0 unspecified atom stereocenters. The van der Waals surface area contributed by atoms with Gasteiger partial charge in [-0.2, -0.15) is 10.1 Å². The van der Waals surface area contributed by atoms with Gasteiger partial charge >= 0.3 is 0 Å². The second-order valence-electron chi connectivity index (χ2n) is 6.00. The minimum atomic E-state index is 0.476. The van der Waals surface area contributed by atoms with Gasteiger partial charge in [-0.25, -0.2) is 0 Å². The summed E-state index contributed by atoms with van der Waals surface area (Å²) in [4.78, 5) is 4.51. The number of aromatic nitrogens is 3. The van der Waals surface area contributed by atoms with Crippen molar-refractivity contribution in [2.24, 2.45) is 0 Å². The molecule has 0 saturated heterocycles. The van der Waals surface area contributed by atoms with Crippen molar-refractivity contribution >= 4 is 23.1 Å². The highest BCUT2D eigenvalue weighted by Crippen LogP contribution is 2.25. The fourth-order valence-electron chi connectivity index (χ4n) is 2.76. The summed E-state index contributed by atoms with van der Waals surface area (Å²) in [7, 11) is 0. The number of benzene rings is 2. The SMILES string of the molecule is Cc1cc(C)c(Nc2nncc(Nc3ccccc3C)n2)c(C)c1. The Bertz CT molecular complexity index is 850. The predicted octanol–water partition coefficient (Wildman–Crippen LogP) is 4.59. The van der Waals surface area contributed by atoms with E-state index in [4.69, 9.17) is 0 Å². The van der Waals surface area contributed by atoms with Crippen molar-refractivity contribution in [2.45, 2.75) is 27.7 Å². The standard InChI is InChI=1S/C19H21N5/c1-12-9-14(3)18(15(4)10-12)23-19-22-17(11-20-24-19)21-16-8-6-5-7-13(16)2/h5-11H,1-4H3,(H2,21,22,23,24). The van der Waals surface area contributed by atoms with Crippen LogP contribution in [-0.2, 0) is 0 Å². The van der Waals surface area contributed by atoms with Crippen LogP contribution in [0.1, 0.15) is 22.3 Å². The topological polar surface area (TPSA) is 62.7 Å². The summed E-state index contributed by atoms with van der Waals surface area (Å²) in [6.07, 6.45) is 1.62. The third-order valence-corrected chi connectivity index (χ3v) is 3.88. The first kappa shape index (κ1) is 15.9. The molecule has 0 amide bonds. The van der Waals surface area contributed by atoms with Crippen LogP contribution in [-0.4, -0.2) is 15.2 Å². The van der Waals surface area contributed by atoms with Crippen LogP contribution in [0.15, 0.2) is 42.6 Å². The van der Waals surface area contributed by atoms with Crippen LogP contribution in [0.2, 0.25) is 0 Å². The molecule has 122 valence electrons. The summed E-state index contributed by atoms with van der Waals surface area (Å²) < 4.78 is 0. The summed E-state index contributed by atoms with van der Waals surface area (Å²) in [5.41, 5.74) is 6.74. The second-order valence-corrected chi connectivity index (χ2v) is 6.00. The van der Waals surface area contributed by atoms with Gasteiger partial charge in [0.05, 0.1) is 6.20 Å². The van der Waals surface area contributed by atoms with Gasteiger partial charge in [-0.3, -0.25) is 0 Å². The molecule has 0 aliphatic heterocycles. The van der Waals surface area contributed by atoms with Crippen LogP contribution in [0.25, 0.3) is 0 Å². The number of aryl methyl sites for hydroxylation is 4. The maximum absolute atomic E-state index is 4.51. The summed E-state index contributed by atoms with van der Waals surface area (Å²) in [6.45, 7) is 8.29. The van der Waals surface area contributed by atoms with E-state index in [1.807, 2.05) is 18.2 Å². The van der Waals surface area contributed by atoms with Gasteiger partial charge in [0.25, 0.3) is 0 Å². The molecule has 1 heterocycles. The fourth-order valence-corrected chi connectivity index (χ4v) is 2.76. The maximum Gasteiger partial charge on any atom is 0.249 e. The molecule has 3 aromatic rings. The Morgan fingerprint density at radius 2 is 1.54 bits per heavy atom. The van der Waals surface area contributed by atoms with E-state index in [2.05, 4.69) is 71.7 Å². The van der Waals surface area contributed by atoms with Gasteiger partial charge in [0, 0.05) is 11.4 Å². The first-order valence-corrected chi connectivity index (χ1v) is 7.90. The molecule has 2 aromatic carbocycles. The molecule has 0 aliphatic rings.